The van der Waals surface area contributed by atoms with E-state index in [0.29, 0.717) is 0 Å². The average molecular weight is 182 g/mol. The molecule has 2 unspecified atom stereocenters. The third-order valence-electron chi connectivity index (χ3n) is 3.24. The van der Waals surface area contributed by atoms with Gasteiger partial charge in [0.15, 0.2) is 0 Å². The van der Waals surface area contributed by atoms with E-state index in [9.17, 15) is 0 Å². The summed E-state index contributed by atoms with van der Waals surface area (Å²) in [5, 5.41) is 3.59. The first-order valence-corrected chi connectivity index (χ1v) is 5.77. The zero-order valence-corrected chi connectivity index (χ0v) is 8.92. The van der Waals surface area contributed by atoms with Gasteiger partial charge in [0, 0.05) is 25.2 Å². The molecule has 0 amide bonds. The van der Waals surface area contributed by atoms with Gasteiger partial charge in [0.25, 0.3) is 0 Å². The Balaban J connectivity index is 1.84. The number of likely N-dealkylation sites (tertiary alicyclic amines) is 1. The van der Waals surface area contributed by atoms with Gasteiger partial charge in [0.1, 0.15) is 0 Å². The molecule has 2 nitrogen and oxygen atoms in total. The molecule has 0 bridgehead atoms. The van der Waals surface area contributed by atoms with E-state index in [-0.39, 0.29) is 0 Å². The molecular weight excluding hydrogens is 160 g/mol. The van der Waals surface area contributed by atoms with Crippen LogP contribution in [0.15, 0.2) is 0 Å². The Hall–Kier alpha value is -0.0800. The lowest BCUT2D eigenvalue weighted by molar-refractivity contribution is 0.142. The van der Waals surface area contributed by atoms with Gasteiger partial charge in [-0.05, 0) is 31.7 Å². The normalized spacial score (nSPS) is 36.5. The first kappa shape index (κ1) is 9.47. The molecule has 0 aromatic carbocycles. The van der Waals surface area contributed by atoms with Crippen LogP contribution in [0.2, 0.25) is 0 Å². The number of hydrogen-bond acceptors (Lipinski definition) is 2. The van der Waals surface area contributed by atoms with Crippen LogP contribution in [0.25, 0.3) is 0 Å². The predicted octanol–water partition coefficient (Wildman–Crippen LogP) is 1.47. The molecule has 0 aromatic heterocycles. The standard InChI is InChI=1S/C11H22N2/c1-3-12-10-6-9(2)7-13(8-10)11-4-5-11/h9-12H,3-8H2,1-2H3. The Bertz CT molecular complexity index is 165. The first-order valence-electron chi connectivity index (χ1n) is 5.77. The Morgan fingerprint density at radius 1 is 1.31 bits per heavy atom. The Labute approximate surface area is 81.7 Å². The molecule has 1 heterocycles. The van der Waals surface area contributed by atoms with Crippen molar-refractivity contribution in [1.29, 1.82) is 0 Å². The molecule has 1 N–H and O–H groups in total. The van der Waals surface area contributed by atoms with Crippen LogP contribution in [-0.2, 0) is 0 Å². The quantitative estimate of drug-likeness (QED) is 0.711. The van der Waals surface area contributed by atoms with Crippen molar-refractivity contribution in [2.24, 2.45) is 5.92 Å². The number of piperidine rings is 1. The van der Waals surface area contributed by atoms with Crippen molar-refractivity contribution in [3.63, 3.8) is 0 Å². The lowest BCUT2D eigenvalue weighted by Crippen LogP contribution is -2.49. The summed E-state index contributed by atoms with van der Waals surface area (Å²) in [5.41, 5.74) is 0. The third-order valence-corrected chi connectivity index (χ3v) is 3.24. The van der Waals surface area contributed by atoms with Crippen LogP contribution in [0.3, 0.4) is 0 Å². The van der Waals surface area contributed by atoms with Crippen LogP contribution in [0, 0.1) is 5.92 Å². The number of likely N-dealkylation sites (N-methyl/N-ethyl adjacent to an activating group) is 1. The zero-order valence-electron chi connectivity index (χ0n) is 8.92. The first-order chi connectivity index (χ1) is 6.29. The molecule has 2 atom stereocenters. The van der Waals surface area contributed by atoms with Gasteiger partial charge in [-0.3, -0.25) is 4.90 Å². The maximum absolute atomic E-state index is 3.59. The summed E-state index contributed by atoms with van der Waals surface area (Å²) in [4.78, 5) is 2.70. The molecule has 0 aromatic rings. The lowest BCUT2D eigenvalue weighted by Gasteiger charge is -2.37. The second kappa shape index (κ2) is 3.97. The van der Waals surface area contributed by atoms with Crippen molar-refractivity contribution in [1.82, 2.24) is 10.2 Å². The molecule has 1 saturated heterocycles. The predicted molar refractivity (Wildman–Crippen MR) is 55.8 cm³/mol. The van der Waals surface area contributed by atoms with Crippen LogP contribution < -0.4 is 5.32 Å². The highest BCUT2D eigenvalue weighted by Gasteiger charge is 2.34. The fourth-order valence-electron chi connectivity index (χ4n) is 2.57. The zero-order chi connectivity index (χ0) is 9.26. The second-order valence-corrected chi connectivity index (χ2v) is 4.78. The minimum absolute atomic E-state index is 0.759. The molecule has 2 rings (SSSR count). The fourth-order valence-corrected chi connectivity index (χ4v) is 2.57. The highest BCUT2D eigenvalue weighted by Crippen LogP contribution is 2.30. The fraction of sp³-hybridized carbons (Fsp3) is 1.00. The number of rotatable bonds is 3. The molecule has 0 spiro atoms. The van der Waals surface area contributed by atoms with Crippen LogP contribution in [0.5, 0.6) is 0 Å². The monoisotopic (exact) mass is 182 g/mol. The Morgan fingerprint density at radius 2 is 2.08 bits per heavy atom. The summed E-state index contributed by atoms with van der Waals surface area (Å²) in [6.07, 6.45) is 4.27. The number of nitrogens with one attached hydrogen (secondary N) is 1. The van der Waals surface area contributed by atoms with Crippen molar-refractivity contribution in [2.75, 3.05) is 19.6 Å². The van der Waals surface area contributed by atoms with Gasteiger partial charge in [0.05, 0.1) is 0 Å². The molecular formula is C11H22N2. The van der Waals surface area contributed by atoms with Crippen molar-refractivity contribution in [2.45, 2.75) is 45.2 Å². The number of hydrogen-bond donors (Lipinski definition) is 1. The van der Waals surface area contributed by atoms with E-state index in [0.717, 1.165) is 24.5 Å². The summed E-state index contributed by atoms with van der Waals surface area (Å²) >= 11 is 0. The van der Waals surface area contributed by atoms with Crippen LogP contribution in [0.1, 0.15) is 33.1 Å². The smallest absolute Gasteiger partial charge is 0.0198 e. The van der Waals surface area contributed by atoms with E-state index < -0.39 is 0 Å². The van der Waals surface area contributed by atoms with Crippen molar-refractivity contribution < 1.29 is 0 Å². The summed E-state index contributed by atoms with van der Waals surface area (Å²) in [7, 11) is 0. The summed E-state index contributed by atoms with van der Waals surface area (Å²) in [5.74, 6) is 0.887. The van der Waals surface area contributed by atoms with Crippen LogP contribution in [-0.4, -0.2) is 36.6 Å². The minimum atomic E-state index is 0.759. The molecule has 13 heavy (non-hydrogen) atoms. The molecule has 1 aliphatic carbocycles. The highest BCUT2D eigenvalue weighted by molar-refractivity contribution is 4.91. The maximum Gasteiger partial charge on any atom is 0.0198 e. The minimum Gasteiger partial charge on any atom is -0.313 e. The Kier molecular flexibility index (Phi) is 2.89. The van der Waals surface area contributed by atoms with Gasteiger partial charge in [0.2, 0.25) is 0 Å². The average Bonchev–Trinajstić information content (AvgIpc) is 2.85. The van der Waals surface area contributed by atoms with E-state index in [2.05, 4.69) is 24.1 Å². The third kappa shape index (κ3) is 2.44. The van der Waals surface area contributed by atoms with E-state index in [1.165, 1.54) is 32.4 Å². The van der Waals surface area contributed by atoms with Gasteiger partial charge >= 0.3 is 0 Å². The topological polar surface area (TPSA) is 15.3 Å². The van der Waals surface area contributed by atoms with E-state index in [1.54, 1.807) is 0 Å². The van der Waals surface area contributed by atoms with Crippen molar-refractivity contribution in [3.8, 4) is 0 Å². The summed E-state index contributed by atoms with van der Waals surface area (Å²) in [6.45, 7) is 8.35. The SMILES string of the molecule is CCNC1CC(C)CN(C2CC2)C1. The Morgan fingerprint density at radius 3 is 2.69 bits per heavy atom. The van der Waals surface area contributed by atoms with Gasteiger partial charge < -0.3 is 5.32 Å². The summed E-state index contributed by atoms with van der Waals surface area (Å²) < 4.78 is 0. The lowest BCUT2D eigenvalue weighted by atomic mass is 9.96. The van der Waals surface area contributed by atoms with Gasteiger partial charge in [-0.1, -0.05) is 13.8 Å². The van der Waals surface area contributed by atoms with Gasteiger partial charge in [-0.25, -0.2) is 0 Å². The maximum atomic E-state index is 3.59. The van der Waals surface area contributed by atoms with E-state index in [1.807, 2.05) is 0 Å². The second-order valence-electron chi connectivity index (χ2n) is 4.78. The van der Waals surface area contributed by atoms with Crippen LogP contribution >= 0.6 is 0 Å². The van der Waals surface area contributed by atoms with E-state index in [4.69, 9.17) is 0 Å². The number of nitrogens with zero attached hydrogens (tertiary/aromatic N) is 1. The van der Waals surface area contributed by atoms with E-state index >= 15 is 0 Å². The molecule has 2 heteroatoms. The highest BCUT2D eigenvalue weighted by atomic mass is 15.2. The molecule has 2 fully saturated rings. The molecule has 76 valence electrons. The van der Waals surface area contributed by atoms with Gasteiger partial charge in [-0.15, -0.1) is 0 Å². The molecule has 1 aliphatic heterocycles. The van der Waals surface area contributed by atoms with Crippen LogP contribution in [0.4, 0.5) is 0 Å². The molecule has 1 saturated carbocycles. The molecule has 2 aliphatic rings. The van der Waals surface area contributed by atoms with Crippen molar-refractivity contribution >= 4 is 0 Å². The van der Waals surface area contributed by atoms with Gasteiger partial charge in [-0.2, -0.15) is 0 Å². The molecule has 0 radical (unpaired) electrons. The van der Waals surface area contributed by atoms with Crippen molar-refractivity contribution in [3.05, 3.63) is 0 Å². The summed E-state index contributed by atoms with van der Waals surface area (Å²) in [6, 6.07) is 1.71. The largest absolute Gasteiger partial charge is 0.313 e.